The van der Waals surface area contributed by atoms with Gasteiger partial charge in [-0.05, 0) is 73.3 Å². The summed E-state index contributed by atoms with van der Waals surface area (Å²) in [5.41, 5.74) is 4.07. The van der Waals surface area contributed by atoms with Crippen LogP contribution in [-0.4, -0.2) is 29.0 Å². The molecule has 2 N–H and O–H groups in total. The van der Waals surface area contributed by atoms with E-state index in [9.17, 15) is 4.79 Å². The summed E-state index contributed by atoms with van der Waals surface area (Å²) in [7, 11) is 0. The van der Waals surface area contributed by atoms with Crippen molar-refractivity contribution in [1.29, 1.82) is 0 Å². The van der Waals surface area contributed by atoms with Gasteiger partial charge in [-0.2, -0.15) is 0 Å². The van der Waals surface area contributed by atoms with Crippen molar-refractivity contribution in [1.82, 2.24) is 10.2 Å². The molecule has 0 radical (unpaired) electrons. The number of aryl methyl sites for hydroxylation is 1. The van der Waals surface area contributed by atoms with E-state index in [0.717, 1.165) is 49.2 Å². The first-order chi connectivity index (χ1) is 13.2. The molecule has 0 atom stereocenters. The second-order valence-electron chi connectivity index (χ2n) is 6.91. The van der Waals surface area contributed by atoms with Crippen LogP contribution < -0.4 is 10.6 Å². The zero-order chi connectivity index (χ0) is 19.1. The van der Waals surface area contributed by atoms with Gasteiger partial charge in [0.25, 0.3) is 5.91 Å². The Morgan fingerprint density at radius 3 is 2.48 bits per heavy atom. The van der Waals surface area contributed by atoms with E-state index in [1.807, 2.05) is 41.3 Å². The van der Waals surface area contributed by atoms with Crippen molar-refractivity contribution in [3.8, 4) is 0 Å². The molecule has 1 aliphatic rings. The number of anilines is 1. The molecule has 1 amide bonds. The predicted octanol–water partition coefficient (Wildman–Crippen LogP) is 4.36. The molecule has 0 spiro atoms. The van der Waals surface area contributed by atoms with Crippen LogP contribution in [0.5, 0.6) is 0 Å². The first-order valence-electron chi connectivity index (χ1n) is 9.67. The van der Waals surface area contributed by atoms with E-state index in [1.165, 1.54) is 12.0 Å². The molecular weight excluding hydrogens is 354 g/mol. The summed E-state index contributed by atoms with van der Waals surface area (Å²) < 4.78 is 0. The van der Waals surface area contributed by atoms with Crippen LogP contribution in [-0.2, 0) is 13.0 Å². The molecule has 0 aromatic heterocycles. The molecule has 0 bridgehead atoms. The van der Waals surface area contributed by atoms with E-state index >= 15 is 0 Å². The van der Waals surface area contributed by atoms with Crippen molar-refractivity contribution < 1.29 is 4.79 Å². The molecule has 4 nitrogen and oxygen atoms in total. The molecule has 1 saturated heterocycles. The van der Waals surface area contributed by atoms with Crippen LogP contribution in [0.25, 0.3) is 0 Å². The Kier molecular flexibility index (Phi) is 6.82. The van der Waals surface area contributed by atoms with Crippen molar-refractivity contribution in [2.24, 2.45) is 0 Å². The van der Waals surface area contributed by atoms with Crippen LogP contribution in [0, 0.1) is 0 Å². The molecule has 3 rings (SSSR count). The van der Waals surface area contributed by atoms with Crippen LogP contribution in [0.15, 0.2) is 48.5 Å². The van der Waals surface area contributed by atoms with Gasteiger partial charge < -0.3 is 15.5 Å². The van der Waals surface area contributed by atoms with Gasteiger partial charge in [-0.15, -0.1) is 0 Å². The van der Waals surface area contributed by atoms with Crippen LogP contribution in [0.4, 0.5) is 5.69 Å². The SMILES string of the molecule is CCc1ccc(NC(=S)NCc2cccc(C(=O)N3CCCCC3)c2)cc1. The van der Waals surface area contributed by atoms with E-state index in [2.05, 4.69) is 29.7 Å². The fourth-order valence-corrected chi connectivity index (χ4v) is 3.47. The minimum Gasteiger partial charge on any atom is -0.358 e. The molecule has 2 aromatic rings. The van der Waals surface area contributed by atoms with E-state index in [0.29, 0.717) is 11.7 Å². The second kappa shape index (κ2) is 9.51. The molecule has 1 aliphatic heterocycles. The van der Waals surface area contributed by atoms with Gasteiger partial charge in [0.05, 0.1) is 0 Å². The standard InChI is InChI=1S/C22H27N3OS/c1-2-17-9-11-20(12-10-17)24-22(27)23-16-18-7-6-8-19(15-18)21(26)25-13-4-3-5-14-25/h6-12,15H,2-5,13-14,16H2,1H3,(H2,23,24,27). The molecule has 5 heteroatoms. The Balaban J connectivity index is 1.54. The van der Waals surface area contributed by atoms with Gasteiger partial charge in [0.2, 0.25) is 0 Å². The van der Waals surface area contributed by atoms with Crippen LogP contribution >= 0.6 is 12.2 Å². The van der Waals surface area contributed by atoms with Crippen molar-refractivity contribution in [2.45, 2.75) is 39.2 Å². The Morgan fingerprint density at radius 1 is 1.04 bits per heavy atom. The van der Waals surface area contributed by atoms with Gasteiger partial charge in [-0.25, -0.2) is 0 Å². The lowest BCUT2D eigenvalue weighted by Gasteiger charge is -2.26. The van der Waals surface area contributed by atoms with Gasteiger partial charge >= 0.3 is 0 Å². The van der Waals surface area contributed by atoms with Crippen molar-refractivity contribution in [2.75, 3.05) is 18.4 Å². The molecule has 0 aliphatic carbocycles. The maximum Gasteiger partial charge on any atom is 0.253 e. The van der Waals surface area contributed by atoms with Crippen molar-refractivity contribution >= 4 is 28.9 Å². The van der Waals surface area contributed by atoms with Crippen molar-refractivity contribution in [3.63, 3.8) is 0 Å². The number of nitrogens with one attached hydrogen (secondary N) is 2. The zero-order valence-corrected chi connectivity index (χ0v) is 16.6. The van der Waals surface area contributed by atoms with Gasteiger partial charge in [-0.3, -0.25) is 4.79 Å². The van der Waals surface area contributed by atoms with Crippen LogP contribution in [0.2, 0.25) is 0 Å². The smallest absolute Gasteiger partial charge is 0.253 e. The number of benzene rings is 2. The molecule has 2 aromatic carbocycles. The summed E-state index contributed by atoms with van der Waals surface area (Å²) in [6, 6.07) is 16.1. The monoisotopic (exact) mass is 381 g/mol. The summed E-state index contributed by atoms with van der Waals surface area (Å²) >= 11 is 5.39. The third kappa shape index (κ3) is 5.54. The van der Waals surface area contributed by atoms with Gasteiger partial charge in [-0.1, -0.05) is 31.2 Å². The average Bonchev–Trinajstić information content (AvgIpc) is 2.73. The number of amides is 1. The third-order valence-electron chi connectivity index (χ3n) is 4.89. The minimum atomic E-state index is 0.133. The normalized spacial score (nSPS) is 13.9. The fourth-order valence-electron chi connectivity index (χ4n) is 3.28. The number of nitrogens with zero attached hydrogens (tertiary/aromatic N) is 1. The second-order valence-corrected chi connectivity index (χ2v) is 7.32. The van der Waals surface area contributed by atoms with Gasteiger partial charge in [0.15, 0.2) is 5.11 Å². The number of carbonyl (C=O) groups excluding carboxylic acids is 1. The molecule has 1 fully saturated rings. The maximum absolute atomic E-state index is 12.7. The van der Waals surface area contributed by atoms with E-state index < -0.39 is 0 Å². The summed E-state index contributed by atoms with van der Waals surface area (Å²) in [6.07, 6.45) is 4.45. The van der Waals surface area contributed by atoms with Crippen molar-refractivity contribution in [3.05, 3.63) is 65.2 Å². The molecule has 0 unspecified atom stereocenters. The Bertz CT molecular complexity index is 782. The number of carbonyl (C=O) groups is 1. The zero-order valence-electron chi connectivity index (χ0n) is 15.8. The lowest BCUT2D eigenvalue weighted by molar-refractivity contribution is 0.0724. The van der Waals surface area contributed by atoms with Gasteiger partial charge in [0.1, 0.15) is 0 Å². The van der Waals surface area contributed by atoms with E-state index in [4.69, 9.17) is 12.2 Å². The highest BCUT2D eigenvalue weighted by molar-refractivity contribution is 7.80. The minimum absolute atomic E-state index is 0.133. The maximum atomic E-state index is 12.7. The number of hydrogen-bond donors (Lipinski definition) is 2. The largest absolute Gasteiger partial charge is 0.358 e. The lowest BCUT2D eigenvalue weighted by atomic mass is 10.1. The number of likely N-dealkylation sites (tertiary alicyclic amines) is 1. The summed E-state index contributed by atoms with van der Waals surface area (Å²) in [4.78, 5) is 14.6. The number of piperidine rings is 1. The first kappa shape index (κ1) is 19.4. The highest BCUT2D eigenvalue weighted by atomic mass is 32.1. The highest BCUT2D eigenvalue weighted by Gasteiger charge is 2.18. The Labute approximate surface area is 167 Å². The first-order valence-corrected chi connectivity index (χ1v) is 10.1. The summed E-state index contributed by atoms with van der Waals surface area (Å²) in [6.45, 7) is 4.46. The highest BCUT2D eigenvalue weighted by Crippen LogP contribution is 2.14. The lowest BCUT2D eigenvalue weighted by Crippen LogP contribution is -2.35. The number of hydrogen-bond acceptors (Lipinski definition) is 2. The summed E-state index contributed by atoms with van der Waals surface area (Å²) in [5, 5.41) is 6.99. The topological polar surface area (TPSA) is 44.4 Å². The Hall–Kier alpha value is -2.40. The van der Waals surface area contributed by atoms with E-state index in [-0.39, 0.29) is 5.91 Å². The van der Waals surface area contributed by atoms with Crippen LogP contribution in [0.1, 0.15) is 47.7 Å². The molecular formula is C22H27N3OS. The van der Waals surface area contributed by atoms with E-state index in [1.54, 1.807) is 0 Å². The third-order valence-corrected chi connectivity index (χ3v) is 5.14. The quantitative estimate of drug-likeness (QED) is 0.755. The van der Waals surface area contributed by atoms with Gasteiger partial charge in [0, 0.05) is 30.9 Å². The number of thiocarbonyl (C=S) groups is 1. The molecule has 1 heterocycles. The number of rotatable bonds is 5. The fraction of sp³-hybridized carbons (Fsp3) is 0.364. The average molecular weight is 382 g/mol. The van der Waals surface area contributed by atoms with Crippen LogP contribution in [0.3, 0.4) is 0 Å². The summed E-state index contributed by atoms with van der Waals surface area (Å²) in [5.74, 6) is 0.133. The Morgan fingerprint density at radius 2 is 1.78 bits per heavy atom. The predicted molar refractivity (Wildman–Crippen MR) is 115 cm³/mol. The molecule has 27 heavy (non-hydrogen) atoms. The molecule has 142 valence electrons. The molecule has 0 saturated carbocycles.